The second-order valence-electron chi connectivity index (χ2n) is 5.33. The summed E-state index contributed by atoms with van der Waals surface area (Å²) >= 11 is 0. The normalized spacial score (nSPS) is 13.7. The minimum atomic E-state index is 0.170. The summed E-state index contributed by atoms with van der Waals surface area (Å²) in [4.78, 5) is 15.8. The number of nitrogens with one attached hydrogen (secondary N) is 1. The van der Waals surface area contributed by atoms with E-state index in [-0.39, 0.29) is 5.78 Å². The van der Waals surface area contributed by atoms with Crippen LogP contribution in [0.1, 0.15) is 22.3 Å². The van der Waals surface area contributed by atoms with Crippen LogP contribution < -0.4 is 4.74 Å². The van der Waals surface area contributed by atoms with Gasteiger partial charge < -0.3 is 9.72 Å². The molecule has 0 radical (unpaired) electrons. The van der Waals surface area contributed by atoms with Crippen molar-refractivity contribution in [1.82, 2.24) is 4.98 Å². The fourth-order valence-corrected chi connectivity index (χ4v) is 3.25. The molecule has 0 unspecified atom stereocenters. The number of carbonyl (C=O) groups is 1. The molecular formula is C18H15NO2. The van der Waals surface area contributed by atoms with Gasteiger partial charge in [0, 0.05) is 23.0 Å². The molecule has 1 aliphatic rings. The van der Waals surface area contributed by atoms with Crippen LogP contribution in [0, 0.1) is 0 Å². The van der Waals surface area contributed by atoms with Gasteiger partial charge in [0.2, 0.25) is 0 Å². The highest BCUT2D eigenvalue weighted by Crippen LogP contribution is 2.40. The van der Waals surface area contributed by atoms with E-state index in [0.29, 0.717) is 12.2 Å². The number of benzene rings is 2. The smallest absolute Gasteiger partial charge is 0.167 e. The first-order chi connectivity index (χ1) is 10.3. The highest BCUT2D eigenvalue weighted by molar-refractivity contribution is 6.14. The number of ether oxygens (including phenoxy) is 1. The lowest BCUT2D eigenvalue weighted by atomic mass is 9.89. The fourth-order valence-electron chi connectivity index (χ4n) is 3.25. The van der Waals surface area contributed by atoms with Crippen LogP contribution in [0.15, 0.2) is 42.5 Å². The molecular weight excluding hydrogens is 262 g/mol. The van der Waals surface area contributed by atoms with E-state index in [1.807, 2.05) is 30.3 Å². The van der Waals surface area contributed by atoms with Crippen LogP contribution in [0.5, 0.6) is 5.75 Å². The third-order valence-corrected chi connectivity index (χ3v) is 4.19. The molecule has 3 nitrogen and oxygen atoms in total. The molecule has 1 aromatic heterocycles. The summed E-state index contributed by atoms with van der Waals surface area (Å²) in [5, 5.41) is 1.03. The average molecular weight is 277 g/mol. The predicted octanol–water partition coefficient (Wildman–Crippen LogP) is 3.97. The van der Waals surface area contributed by atoms with Gasteiger partial charge in [-0.05, 0) is 29.7 Å². The second-order valence-corrected chi connectivity index (χ2v) is 5.33. The number of H-pyrrole nitrogens is 1. The van der Waals surface area contributed by atoms with Gasteiger partial charge in [-0.15, -0.1) is 0 Å². The Morgan fingerprint density at radius 2 is 1.86 bits per heavy atom. The Morgan fingerprint density at radius 3 is 2.62 bits per heavy atom. The van der Waals surface area contributed by atoms with Crippen LogP contribution in [0.3, 0.4) is 0 Å². The number of Topliss-reactive ketones (excluding diaryl/α,β-unsaturated/α-hetero) is 1. The molecule has 0 bridgehead atoms. The van der Waals surface area contributed by atoms with E-state index in [1.54, 1.807) is 7.11 Å². The van der Waals surface area contributed by atoms with Crippen molar-refractivity contribution in [2.75, 3.05) is 7.11 Å². The molecule has 0 aliphatic heterocycles. The van der Waals surface area contributed by atoms with Gasteiger partial charge in [0.1, 0.15) is 5.75 Å². The SMILES string of the molecule is COc1ccc2[nH]c(-c3ccccc3)c3c2c1C(=O)CC3. The van der Waals surface area contributed by atoms with Gasteiger partial charge in [0.25, 0.3) is 0 Å². The van der Waals surface area contributed by atoms with Crippen LogP contribution >= 0.6 is 0 Å². The Kier molecular flexibility index (Phi) is 2.61. The van der Waals surface area contributed by atoms with Crippen molar-refractivity contribution in [2.24, 2.45) is 0 Å². The summed E-state index contributed by atoms with van der Waals surface area (Å²) < 4.78 is 5.38. The molecule has 1 N–H and O–H groups in total. The highest BCUT2D eigenvalue weighted by Gasteiger charge is 2.27. The quantitative estimate of drug-likeness (QED) is 0.770. The van der Waals surface area contributed by atoms with Crippen LogP contribution in [0.4, 0.5) is 0 Å². The number of hydrogen-bond acceptors (Lipinski definition) is 2. The average Bonchev–Trinajstić information content (AvgIpc) is 2.91. The lowest BCUT2D eigenvalue weighted by Gasteiger charge is -2.15. The summed E-state index contributed by atoms with van der Waals surface area (Å²) in [6.45, 7) is 0. The number of aromatic nitrogens is 1. The molecule has 0 fully saturated rings. The number of ketones is 1. The predicted molar refractivity (Wildman–Crippen MR) is 82.9 cm³/mol. The number of aryl methyl sites for hydroxylation is 1. The Hall–Kier alpha value is -2.55. The third-order valence-electron chi connectivity index (χ3n) is 4.19. The molecule has 104 valence electrons. The molecule has 4 rings (SSSR count). The van der Waals surface area contributed by atoms with Crippen LogP contribution in [-0.4, -0.2) is 17.9 Å². The summed E-state index contributed by atoms with van der Waals surface area (Å²) in [5.74, 6) is 0.843. The molecule has 2 aromatic carbocycles. The zero-order chi connectivity index (χ0) is 14.4. The van der Waals surface area contributed by atoms with E-state index in [2.05, 4.69) is 17.1 Å². The number of aromatic amines is 1. The van der Waals surface area contributed by atoms with Crippen molar-refractivity contribution < 1.29 is 9.53 Å². The van der Waals surface area contributed by atoms with E-state index in [0.717, 1.165) is 34.1 Å². The maximum Gasteiger partial charge on any atom is 0.167 e. The van der Waals surface area contributed by atoms with Crippen LogP contribution in [-0.2, 0) is 6.42 Å². The van der Waals surface area contributed by atoms with Gasteiger partial charge >= 0.3 is 0 Å². The molecule has 0 saturated carbocycles. The standard InChI is InChI=1S/C18H15NO2/c1-21-15-10-8-13-16-12(7-9-14(20)17(15)16)18(19-13)11-5-3-2-4-6-11/h2-6,8,10,19H,7,9H2,1H3. The Bertz CT molecular complexity index is 847. The molecule has 3 heteroatoms. The highest BCUT2D eigenvalue weighted by atomic mass is 16.5. The van der Waals surface area contributed by atoms with Crippen molar-refractivity contribution in [3.63, 3.8) is 0 Å². The van der Waals surface area contributed by atoms with Gasteiger partial charge in [-0.2, -0.15) is 0 Å². The van der Waals surface area contributed by atoms with Gasteiger partial charge in [-0.25, -0.2) is 0 Å². The fraction of sp³-hybridized carbons (Fsp3) is 0.167. The first kappa shape index (κ1) is 12.2. The largest absolute Gasteiger partial charge is 0.496 e. The lowest BCUT2D eigenvalue weighted by Crippen LogP contribution is -2.10. The lowest BCUT2D eigenvalue weighted by molar-refractivity contribution is 0.0979. The Balaban J connectivity index is 2.08. The van der Waals surface area contributed by atoms with Crippen LogP contribution in [0.2, 0.25) is 0 Å². The van der Waals surface area contributed by atoms with Crippen LogP contribution in [0.25, 0.3) is 22.2 Å². The van der Waals surface area contributed by atoms with E-state index in [4.69, 9.17) is 4.74 Å². The third kappa shape index (κ3) is 1.70. The number of carbonyl (C=O) groups excluding carboxylic acids is 1. The number of rotatable bonds is 2. The van der Waals surface area contributed by atoms with Crippen molar-refractivity contribution in [3.05, 3.63) is 53.6 Å². The first-order valence-corrected chi connectivity index (χ1v) is 7.09. The Morgan fingerprint density at radius 1 is 1.05 bits per heavy atom. The van der Waals surface area contributed by atoms with Crippen molar-refractivity contribution >= 4 is 16.7 Å². The molecule has 1 aliphatic carbocycles. The van der Waals surface area contributed by atoms with Crippen molar-refractivity contribution in [1.29, 1.82) is 0 Å². The van der Waals surface area contributed by atoms with E-state index < -0.39 is 0 Å². The van der Waals surface area contributed by atoms with E-state index in [9.17, 15) is 4.79 Å². The molecule has 0 spiro atoms. The molecule has 21 heavy (non-hydrogen) atoms. The molecule has 3 aromatic rings. The van der Waals surface area contributed by atoms with Gasteiger partial charge in [-0.1, -0.05) is 30.3 Å². The van der Waals surface area contributed by atoms with Gasteiger partial charge in [0.05, 0.1) is 12.7 Å². The number of methoxy groups -OCH3 is 1. The maximum absolute atomic E-state index is 12.3. The zero-order valence-corrected chi connectivity index (χ0v) is 11.8. The summed E-state index contributed by atoms with van der Waals surface area (Å²) in [6, 6.07) is 14.1. The second kappa shape index (κ2) is 4.48. The minimum Gasteiger partial charge on any atom is -0.496 e. The van der Waals surface area contributed by atoms with Gasteiger partial charge in [-0.3, -0.25) is 4.79 Å². The zero-order valence-electron chi connectivity index (χ0n) is 11.8. The topological polar surface area (TPSA) is 42.1 Å². The first-order valence-electron chi connectivity index (χ1n) is 7.09. The Labute approximate surface area is 122 Å². The van der Waals surface area contributed by atoms with Crippen molar-refractivity contribution in [3.8, 4) is 17.0 Å². The monoisotopic (exact) mass is 277 g/mol. The van der Waals surface area contributed by atoms with E-state index >= 15 is 0 Å². The van der Waals surface area contributed by atoms with Crippen molar-refractivity contribution in [2.45, 2.75) is 12.8 Å². The van der Waals surface area contributed by atoms with Gasteiger partial charge in [0.15, 0.2) is 5.78 Å². The molecule has 1 heterocycles. The number of hydrogen-bond donors (Lipinski definition) is 1. The molecule has 0 amide bonds. The summed E-state index contributed by atoms with van der Waals surface area (Å²) in [6.07, 6.45) is 1.32. The molecule has 0 atom stereocenters. The summed E-state index contributed by atoms with van der Waals surface area (Å²) in [5.41, 5.74) is 5.24. The molecule has 0 saturated heterocycles. The summed E-state index contributed by atoms with van der Waals surface area (Å²) in [7, 11) is 1.62. The minimum absolute atomic E-state index is 0.170. The maximum atomic E-state index is 12.3. The van der Waals surface area contributed by atoms with E-state index in [1.165, 1.54) is 5.56 Å².